The Labute approximate surface area is 154 Å². The first-order valence-electron chi connectivity index (χ1n) is 9.25. The summed E-state index contributed by atoms with van der Waals surface area (Å²) in [5.41, 5.74) is 0.884. The smallest absolute Gasteiger partial charge is 0.254 e. The van der Waals surface area contributed by atoms with Gasteiger partial charge in [-0.15, -0.1) is 0 Å². The second-order valence-corrected chi connectivity index (χ2v) is 7.29. The molecule has 4 rings (SSSR count). The maximum Gasteiger partial charge on any atom is 0.254 e. The van der Waals surface area contributed by atoms with Crippen LogP contribution < -0.4 is 4.98 Å². The minimum absolute atomic E-state index is 0. The van der Waals surface area contributed by atoms with Crippen LogP contribution in [0.5, 0.6) is 0 Å². The number of aromatic nitrogens is 1. The van der Waals surface area contributed by atoms with E-state index in [0.29, 0.717) is 18.5 Å². The lowest BCUT2D eigenvalue weighted by molar-refractivity contribution is -0.378. The number of fused-ring (bicyclic) bond motifs is 1. The van der Waals surface area contributed by atoms with Crippen molar-refractivity contribution in [2.75, 3.05) is 6.54 Å². The fraction of sp³-hybridized carbons (Fsp3) is 0.429. The summed E-state index contributed by atoms with van der Waals surface area (Å²) in [7, 11) is 0. The molecule has 1 aliphatic carbocycles. The average Bonchev–Trinajstić information content (AvgIpc) is 2.69. The van der Waals surface area contributed by atoms with Crippen LogP contribution in [0.1, 0.15) is 48.0 Å². The molecule has 1 saturated heterocycles. The number of nitrogens with zero attached hydrogens (tertiary/aromatic N) is 1. The van der Waals surface area contributed by atoms with Gasteiger partial charge in [0.2, 0.25) is 0 Å². The average molecular weight is 354 g/mol. The zero-order valence-electron chi connectivity index (χ0n) is 14.8. The predicted octanol–water partition coefficient (Wildman–Crippen LogP) is 2.62. The summed E-state index contributed by atoms with van der Waals surface area (Å²) in [6.07, 6.45) is 8.37. The van der Waals surface area contributed by atoms with Crippen molar-refractivity contribution in [3.8, 4) is 0 Å². The highest BCUT2D eigenvalue weighted by Crippen LogP contribution is 2.47. The van der Waals surface area contributed by atoms with E-state index in [-0.39, 0.29) is 23.3 Å². The Morgan fingerprint density at radius 1 is 1.08 bits per heavy atom. The molecule has 138 valence electrons. The van der Waals surface area contributed by atoms with Crippen molar-refractivity contribution in [1.82, 2.24) is 4.90 Å². The quantitative estimate of drug-likeness (QED) is 0.899. The number of rotatable bonds is 2. The molecule has 1 aromatic carbocycles. The molecule has 2 aliphatic rings. The lowest BCUT2D eigenvalue weighted by Crippen LogP contribution is -2.59. The highest BCUT2D eigenvalue weighted by molar-refractivity contribution is 5.94. The van der Waals surface area contributed by atoms with Crippen molar-refractivity contribution in [1.29, 1.82) is 0 Å². The molecule has 0 spiro atoms. The number of aromatic amines is 1. The molecule has 5 nitrogen and oxygen atoms in total. The van der Waals surface area contributed by atoms with Crippen LogP contribution in [0, 0.1) is 5.92 Å². The Hall–Kier alpha value is -2.24. The number of likely N-dealkylation sites (tertiary alicyclic amines) is 1. The number of benzene rings is 1. The fourth-order valence-electron chi connectivity index (χ4n) is 4.72. The molecule has 1 aliphatic heterocycles. The molecule has 1 aromatic heterocycles. The van der Waals surface area contributed by atoms with Gasteiger partial charge in [0.1, 0.15) is 0 Å². The lowest BCUT2D eigenvalue weighted by atomic mass is 9.66. The topological polar surface area (TPSA) is 84.7 Å². The molecule has 3 atom stereocenters. The maximum atomic E-state index is 13.0. The standard InChI is InChI=1S/C21H24N2O2.H2O/c24-20(16-10-13-22-14-11-16)23-15-12-21(25,17-6-2-1-3-7-17)18-8-4-5-9-19(18)23;/h1-3,6-7,10-11,13-14,18-19,25H,4-5,8-9,12,15H2;1H2/t18-,19+,21-;/m0./s1. The van der Waals surface area contributed by atoms with E-state index in [1.807, 2.05) is 47.4 Å². The summed E-state index contributed by atoms with van der Waals surface area (Å²) < 4.78 is 0. The number of hydrogen-bond acceptors (Lipinski definition) is 3. The number of nitrogens with one attached hydrogen (secondary N) is 1. The number of aliphatic hydroxyl groups is 1. The van der Waals surface area contributed by atoms with Gasteiger partial charge in [-0.05, 0) is 24.8 Å². The maximum absolute atomic E-state index is 13.0. The molecule has 1 saturated carbocycles. The first-order valence-corrected chi connectivity index (χ1v) is 9.25. The van der Waals surface area contributed by atoms with Crippen LogP contribution in [0.4, 0.5) is 0 Å². The Kier molecular flexibility index (Phi) is 5.39. The first-order chi connectivity index (χ1) is 12.2. The second-order valence-electron chi connectivity index (χ2n) is 7.29. The van der Waals surface area contributed by atoms with Crippen molar-refractivity contribution in [3.63, 3.8) is 0 Å². The fourth-order valence-corrected chi connectivity index (χ4v) is 4.72. The van der Waals surface area contributed by atoms with E-state index in [2.05, 4.69) is 4.98 Å². The number of carbonyl (C=O) groups excluding carboxylic acids is 1. The van der Waals surface area contributed by atoms with Gasteiger partial charge in [0, 0.05) is 30.6 Å². The molecule has 0 unspecified atom stereocenters. The highest BCUT2D eigenvalue weighted by Gasteiger charge is 2.50. The largest absolute Gasteiger partial charge is 0.870 e. The van der Waals surface area contributed by atoms with Gasteiger partial charge < -0.3 is 15.5 Å². The van der Waals surface area contributed by atoms with Gasteiger partial charge in [-0.1, -0.05) is 43.2 Å². The van der Waals surface area contributed by atoms with Crippen LogP contribution >= 0.6 is 0 Å². The molecular weight excluding hydrogens is 328 g/mol. The van der Waals surface area contributed by atoms with Crippen molar-refractivity contribution in [2.24, 2.45) is 5.92 Å². The molecule has 2 fully saturated rings. The van der Waals surface area contributed by atoms with Crippen molar-refractivity contribution < 1.29 is 20.4 Å². The number of pyridine rings is 1. The van der Waals surface area contributed by atoms with Gasteiger partial charge in [-0.25, -0.2) is 4.98 Å². The lowest BCUT2D eigenvalue weighted by Gasteiger charge is -2.52. The Morgan fingerprint density at radius 3 is 2.50 bits per heavy atom. The van der Waals surface area contributed by atoms with E-state index in [0.717, 1.165) is 31.2 Å². The van der Waals surface area contributed by atoms with Crippen LogP contribution in [-0.2, 0) is 5.60 Å². The number of amides is 1. The SMILES string of the molecule is O=C(c1cc[nH+]cc1)N1CC[C@](O)(c2ccccc2)[C@H]2CCCC[C@H]21.[OH-]. The van der Waals surface area contributed by atoms with Gasteiger partial charge in [0.15, 0.2) is 12.4 Å². The molecule has 2 aromatic rings. The van der Waals surface area contributed by atoms with E-state index in [9.17, 15) is 9.90 Å². The zero-order valence-corrected chi connectivity index (χ0v) is 14.8. The normalized spacial score (nSPS) is 28.0. The molecule has 5 heteroatoms. The molecular formula is C21H26N2O3. The third kappa shape index (κ3) is 3.13. The van der Waals surface area contributed by atoms with Crippen LogP contribution in [0.2, 0.25) is 0 Å². The minimum Gasteiger partial charge on any atom is -0.870 e. The van der Waals surface area contributed by atoms with Crippen LogP contribution in [0.15, 0.2) is 54.9 Å². The van der Waals surface area contributed by atoms with Gasteiger partial charge in [-0.2, -0.15) is 0 Å². The molecule has 0 bridgehead atoms. The monoisotopic (exact) mass is 354 g/mol. The van der Waals surface area contributed by atoms with Crippen molar-refractivity contribution in [2.45, 2.75) is 43.7 Å². The summed E-state index contributed by atoms with van der Waals surface area (Å²) in [6, 6.07) is 13.8. The number of hydrogen-bond donors (Lipinski definition) is 1. The Balaban J connectivity index is 0.00000196. The van der Waals surface area contributed by atoms with E-state index in [1.165, 1.54) is 0 Å². The highest BCUT2D eigenvalue weighted by atomic mass is 16.3. The Bertz CT molecular complexity index is 737. The zero-order chi connectivity index (χ0) is 17.3. The molecule has 26 heavy (non-hydrogen) atoms. The molecule has 1 amide bonds. The predicted molar refractivity (Wildman–Crippen MR) is 96.7 cm³/mol. The van der Waals surface area contributed by atoms with Gasteiger partial charge >= 0.3 is 0 Å². The van der Waals surface area contributed by atoms with Crippen LogP contribution in [-0.4, -0.2) is 34.0 Å². The van der Waals surface area contributed by atoms with Crippen molar-refractivity contribution in [3.05, 3.63) is 66.0 Å². The van der Waals surface area contributed by atoms with Gasteiger partial charge in [0.25, 0.3) is 5.91 Å². The number of carbonyl (C=O) groups is 1. The number of piperidine rings is 1. The molecule has 0 radical (unpaired) electrons. The van der Waals surface area contributed by atoms with E-state index >= 15 is 0 Å². The summed E-state index contributed by atoms with van der Waals surface area (Å²) in [4.78, 5) is 18.0. The van der Waals surface area contributed by atoms with Crippen LogP contribution in [0.25, 0.3) is 0 Å². The first kappa shape index (κ1) is 18.5. The van der Waals surface area contributed by atoms with Gasteiger partial charge in [0.05, 0.1) is 11.2 Å². The summed E-state index contributed by atoms with van der Waals surface area (Å²) in [6.45, 7) is 0.601. The number of H-pyrrole nitrogens is 1. The summed E-state index contributed by atoms with van der Waals surface area (Å²) in [5, 5.41) is 11.6. The van der Waals surface area contributed by atoms with Gasteiger partial charge in [-0.3, -0.25) is 4.79 Å². The summed E-state index contributed by atoms with van der Waals surface area (Å²) >= 11 is 0. The van der Waals surface area contributed by atoms with Crippen LogP contribution in [0.3, 0.4) is 0 Å². The molecule has 2 heterocycles. The Morgan fingerprint density at radius 2 is 1.77 bits per heavy atom. The minimum atomic E-state index is -0.826. The molecule has 3 N–H and O–H groups in total. The second kappa shape index (κ2) is 7.56. The third-order valence-corrected chi connectivity index (χ3v) is 5.98. The van der Waals surface area contributed by atoms with E-state index in [1.54, 1.807) is 12.4 Å². The van der Waals surface area contributed by atoms with Crippen molar-refractivity contribution >= 4 is 5.91 Å². The van der Waals surface area contributed by atoms with E-state index in [4.69, 9.17) is 0 Å². The summed E-state index contributed by atoms with van der Waals surface area (Å²) in [5.74, 6) is 0.192. The third-order valence-electron chi connectivity index (χ3n) is 5.98. The van der Waals surface area contributed by atoms with E-state index < -0.39 is 5.60 Å².